The summed E-state index contributed by atoms with van der Waals surface area (Å²) in [5, 5.41) is 16.1. The molecule has 0 amide bonds. The molecule has 1 aliphatic heterocycles. The van der Waals surface area contributed by atoms with Gasteiger partial charge in [0.05, 0.1) is 22.1 Å². The lowest BCUT2D eigenvalue weighted by Crippen LogP contribution is -2.36. The van der Waals surface area contributed by atoms with Gasteiger partial charge in [-0.05, 0) is 138 Å². The fourth-order valence-corrected chi connectivity index (χ4v) is 11.0. The summed E-state index contributed by atoms with van der Waals surface area (Å²) in [6, 6.07) is 69.3. The first-order valence-corrected chi connectivity index (χ1v) is 22.8. The van der Waals surface area contributed by atoms with Crippen LogP contribution < -0.4 is 5.32 Å². The topological polar surface area (TPSA) is 46.6 Å². The molecule has 2 aromatic heterocycles. The van der Waals surface area contributed by atoms with Gasteiger partial charge in [-0.1, -0.05) is 144 Å². The van der Waals surface area contributed by atoms with E-state index in [0.29, 0.717) is 5.84 Å². The summed E-state index contributed by atoms with van der Waals surface area (Å²) < 4.78 is 4.85. The zero-order valence-electron chi connectivity index (χ0n) is 37.3. The van der Waals surface area contributed by atoms with E-state index in [0.717, 1.165) is 39.2 Å². The first kappa shape index (κ1) is 38.2. The molecular formula is C61H45N5. The zero-order valence-corrected chi connectivity index (χ0v) is 37.3. The number of aryl methyl sites for hydroxylation is 4. The molecule has 0 spiro atoms. The van der Waals surface area contributed by atoms with E-state index in [9.17, 15) is 0 Å². The van der Waals surface area contributed by atoms with Crippen LogP contribution in [0, 0.1) is 27.7 Å². The lowest BCUT2D eigenvalue weighted by molar-refractivity contribution is 0.516. The van der Waals surface area contributed by atoms with E-state index in [2.05, 4.69) is 230 Å². The molecule has 0 fully saturated rings. The average Bonchev–Trinajstić information content (AvgIpc) is 3.86. The Bertz CT molecular complexity index is 4040. The Morgan fingerprint density at radius 3 is 1.79 bits per heavy atom. The predicted molar refractivity (Wildman–Crippen MR) is 279 cm³/mol. The minimum Gasteiger partial charge on any atom is -0.331 e. The third-order valence-corrected chi connectivity index (χ3v) is 13.6. The molecule has 1 aliphatic rings. The summed E-state index contributed by atoms with van der Waals surface area (Å²) in [6.07, 6.45) is -0.476. The predicted octanol–water partition coefficient (Wildman–Crippen LogP) is 15.2. The molecule has 0 bridgehead atoms. The summed E-state index contributed by atoms with van der Waals surface area (Å²) in [5.74, 6) is 1.53. The molecule has 10 aromatic carbocycles. The molecule has 1 N–H and O–H groups in total. The average molecular weight is 848 g/mol. The van der Waals surface area contributed by atoms with Crippen LogP contribution in [-0.4, -0.2) is 20.8 Å². The van der Waals surface area contributed by atoms with Gasteiger partial charge in [-0.2, -0.15) is 0 Å². The van der Waals surface area contributed by atoms with E-state index in [1.165, 1.54) is 92.7 Å². The number of aromatic nitrogens is 2. The normalized spacial score (nSPS) is 14.2. The van der Waals surface area contributed by atoms with Crippen molar-refractivity contribution in [2.24, 2.45) is 9.98 Å². The van der Waals surface area contributed by atoms with E-state index < -0.39 is 6.29 Å². The fourth-order valence-electron chi connectivity index (χ4n) is 11.0. The molecule has 66 heavy (non-hydrogen) atoms. The molecule has 1 atom stereocenters. The Morgan fingerprint density at radius 1 is 0.409 bits per heavy atom. The van der Waals surface area contributed by atoms with Crippen molar-refractivity contribution in [1.29, 1.82) is 0 Å². The maximum Gasteiger partial charge on any atom is 0.204 e. The van der Waals surface area contributed by atoms with Crippen LogP contribution in [0.25, 0.3) is 92.7 Å². The van der Waals surface area contributed by atoms with Crippen LogP contribution in [0.3, 0.4) is 0 Å². The van der Waals surface area contributed by atoms with Gasteiger partial charge in [-0.3, -0.25) is 0 Å². The largest absolute Gasteiger partial charge is 0.331 e. The van der Waals surface area contributed by atoms with Gasteiger partial charge in [0.15, 0.2) is 5.84 Å². The van der Waals surface area contributed by atoms with Crippen LogP contribution >= 0.6 is 0 Å². The van der Waals surface area contributed by atoms with E-state index in [-0.39, 0.29) is 0 Å². The number of rotatable bonds is 5. The highest BCUT2D eigenvalue weighted by atomic mass is 15.3. The standard InChI is InChI=1S/C61H45N5/c1-36-27-37(2)30-44(29-36)59-62-60(45-31-38(3)28-39(4)32-45)64-61(63-59)66-54-25-23-43(34-52(54)57-47-16-8-7-14-41(47)22-26-55(57)66)51-35-56-58(49-18-10-9-17-48(49)51)50-19-11-12-20-53(50)65(56)46-24-21-40-13-5-6-15-42(40)33-46/h5-35,61H,1-4H3,(H,62,63,64). The molecule has 0 saturated carbocycles. The maximum atomic E-state index is 5.49. The molecule has 0 aliphatic carbocycles. The van der Waals surface area contributed by atoms with Crippen molar-refractivity contribution in [3.8, 4) is 16.8 Å². The molecule has 314 valence electrons. The van der Waals surface area contributed by atoms with Gasteiger partial charge < -0.3 is 14.5 Å². The molecule has 12 aromatic rings. The minimum absolute atomic E-state index is 0.476. The van der Waals surface area contributed by atoms with Crippen molar-refractivity contribution in [3.05, 3.63) is 221 Å². The third kappa shape index (κ3) is 6.00. The van der Waals surface area contributed by atoms with Gasteiger partial charge in [0.1, 0.15) is 5.84 Å². The Kier molecular flexibility index (Phi) is 8.47. The van der Waals surface area contributed by atoms with Crippen LogP contribution in [0.1, 0.15) is 39.7 Å². The third-order valence-electron chi connectivity index (χ3n) is 13.6. The molecule has 5 nitrogen and oxygen atoms in total. The number of fused-ring (bicyclic) bond motifs is 11. The molecule has 5 heteroatoms. The van der Waals surface area contributed by atoms with Gasteiger partial charge in [-0.25, -0.2) is 9.98 Å². The summed E-state index contributed by atoms with van der Waals surface area (Å²) in [7, 11) is 0. The van der Waals surface area contributed by atoms with Crippen LogP contribution in [0.2, 0.25) is 0 Å². The molecular weight excluding hydrogens is 803 g/mol. The quantitative estimate of drug-likeness (QED) is 0.184. The second kappa shape index (κ2) is 14.6. The molecule has 3 heterocycles. The van der Waals surface area contributed by atoms with Gasteiger partial charge in [-0.15, -0.1) is 0 Å². The number of para-hydroxylation sites is 1. The Labute approximate surface area is 382 Å². The van der Waals surface area contributed by atoms with Gasteiger partial charge in [0.25, 0.3) is 0 Å². The SMILES string of the molecule is Cc1cc(C)cc(C2=NC(n3c4ccc(-c5cc6c(c7ccccc57)c5ccccc5n6-c5ccc6ccccc6c5)cc4c4c5ccccc5ccc43)NC(c3cc(C)cc(C)c3)=N2)c1. The Balaban J connectivity index is 1.07. The van der Waals surface area contributed by atoms with E-state index in [1.807, 2.05) is 0 Å². The number of hydrogen-bond donors (Lipinski definition) is 1. The van der Waals surface area contributed by atoms with Crippen LogP contribution in [-0.2, 0) is 0 Å². The Morgan fingerprint density at radius 2 is 1.02 bits per heavy atom. The molecule has 13 rings (SSSR count). The highest BCUT2D eigenvalue weighted by Crippen LogP contribution is 2.44. The van der Waals surface area contributed by atoms with Crippen LogP contribution in [0.5, 0.6) is 0 Å². The summed E-state index contributed by atoms with van der Waals surface area (Å²) in [4.78, 5) is 10.8. The van der Waals surface area contributed by atoms with Gasteiger partial charge in [0.2, 0.25) is 6.29 Å². The number of amidine groups is 2. The van der Waals surface area contributed by atoms with Crippen molar-refractivity contribution in [3.63, 3.8) is 0 Å². The number of aliphatic imine (C=N–C) groups is 2. The number of hydrogen-bond acceptors (Lipinski definition) is 3. The fraction of sp³-hybridized carbons (Fsp3) is 0.0820. The van der Waals surface area contributed by atoms with E-state index in [4.69, 9.17) is 9.98 Å². The summed E-state index contributed by atoms with van der Waals surface area (Å²) >= 11 is 0. The second-order valence-corrected chi connectivity index (χ2v) is 18.2. The summed E-state index contributed by atoms with van der Waals surface area (Å²) in [6.45, 7) is 8.58. The van der Waals surface area contributed by atoms with Crippen molar-refractivity contribution in [1.82, 2.24) is 14.5 Å². The monoisotopic (exact) mass is 847 g/mol. The Hall–Kier alpha value is -8.28. The first-order chi connectivity index (χ1) is 32.3. The molecule has 0 saturated heterocycles. The minimum atomic E-state index is -0.476. The second-order valence-electron chi connectivity index (χ2n) is 18.2. The van der Waals surface area contributed by atoms with Crippen molar-refractivity contribution in [2.45, 2.75) is 34.0 Å². The maximum absolute atomic E-state index is 5.49. The van der Waals surface area contributed by atoms with Crippen molar-refractivity contribution >= 4 is 87.6 Å². The van der Waals surface area contributed by atoms with E-state index in [1.54, 1.807) is 0 Å². The van der Waals surface area contributed by atoms with Gasteiger partial charge >= 0.3 is 0 Å². The number of nitrogens with zero attached hydrogens (tertiary/aromatic N) is 4. The number of nitrogens with one attached hydrogen (secondary N) is 1. The molecule has 1 unspecified atom stereocenters. The van der Waals surface area contributed by atoms with Crippen molar-refractivity contribution in [2.75, 3.05) is 0 Å². The highest BCUT2D eigenvalue weighted by Gasteiger charge is 2.27. The van der Waals surface area contributed by atoms with Crippen molar-refractivity contribution < 1.29 is 0 Å². The number of benzene rings is 10. The van der Waals surface area contributed by atoms with E-state index >= 15 is 0 Å². The zero-order chi connectivity index (χ0) is 44.2. The summed E-state index contributed by atoms with van der Waals surface area (Å²) in [5.41, 5.74) is 14.9. The molecule has 0 radical (unpaired) electrons. The first-order valence-electron chi connectivity index (χ1n) is 22.8. The van der Waals surface area contributed by atoms with Gasteiger partial charge in [0, 0.05) is 38.4 Å². The lowest BCUT2D eigenvalue weighted by Gasteiger charge is -2.26. The van der Waals surface area contributed by atoms with Crippen LogP contribution in [0.15, 0.2) is 198 Å². The highest BCUT2D eigenvalue weighted by molar-refractivity contribution is 6.26. The van der Waals surface area contributed by atoms with Crippen LogP contribution in [0.4, 0.5) is 0 Å². The smallest absolute Gasteiger partial charge is 0.204 e. The lowest BCUT2D eigenvalue weighted by atomic mass is 9.93.